The van der Waals surface area contributed by atoms with Gasteiger partial charge in [-0.25, -0.2) is 0 Å². The summed E-state index contributed by atoms with van der Waals surface area (Å²) in [6.07, 6.45) is 2.77. The predicted octanol–water partition coefficient (Wildman–Crippen LogP) is -1.04. The molecule has 2 aliphatic rings. The van der Waals surface area contributed by atoms with Crippen molar-refractivity contribution in [1.29, 1.82) is 0 Å². The van der Waals surface area contributed by atoms with Gasteiger partial charge < -0.3 is 15.1 Å². The van der Waals surface area contributed by atoms with Crippen LogP contribution in [0.1, 0.15) is 19.3 Å². The minimum absolute atomic E-state index is 0.0718. The Balaban J connectivity index is 1.72. The summed E-state index contributed by atoms with van der Waals surface area (Å²) < 4.78 is 0. The summed E-state index contributed by atoms with van der Waals surface area (Å²) in [5.74, 6) is -0.330. The van der Waals surface area contributed by atoms with Crippen molar-refractivity contribution in [2.75, 3.05) is 26.2 Å². The van der Waals surface area contributed by atoms with Crippen LogP contribution in [0, 0.1) is 0 Å². The fraction of sp³-hybridized carbons (Fsp3) is 0.727. The van der Waals surface area contributed by atoms with Crippen LogP contribution in [0.5, 0.6) is 0 Å². The van der Waals surface area contributed by atoms with E-state index < -0.39 is 0 Å². The molecule has 0 aromatic carbocycles. The third kappa shape index (κ3) is 3.44. The molecule has 17 heavy (non-hydrogen) atoms. The van der Waals surface area contributed by atoms with E-state index in [2.05, 4.69) is 5.32 Å². The number of nitrogens with one attached hydrogen (secondary N) is 1. The Kier molecular flexibility index (Phi) is 3.61. The largest absolute Gasteiger partial charge is 0.353 e. The number of amides is 3. The van der Waals surface area contributed by atoms with E-state index in [1.807, 2.05) is 0 Å². The Morgan fingerprint density at radius 2 is 1.82 bits per heavy atom. The molecule has 6 heteroatoms. The number of carbonyl (C=O) groups is 3. The molecule has 2 fully saturated rings. The topological polar surface area (TPSA) is 69.7 Å². The highest BCUT2D eigenvalue weighted by Crippen LogP contribution is 2.18. The van der Waals surface area contributed by atoms with E-state index in [1.54, 1.807) is 9.80 Å². The van der Waals surface area contributed by atoms with Crippen LogP contribution in [0.4, 0.5) is 0 Å². The fourth-order valence-electron chi connectivity index (χ4n) is 1.83. The average molecular weight is 239 g/mol. The molecule has 3 amide bonds. The zero-order valence-corrected chi connectivity index (χ0v) is 9.72. The maximum absolute atomic E-state index is 11.8. The van der Waals surface area contributed by atoms with Crippen molar-refractivity contribution in [3.63, 3.8) is 0 Å². The van der Waals surface area contributed by atoms with Crippen LogP contribution in [-0.4, -0.2) is 60.2 Å². The molecule has 0 unspecified atom stereocenters. The summed E-state index contributed by atoms with van der Waals surface area (Å²) in [7, 11) is 0. The molecule has 1 aliphatic heterocycles. The summed E-state index contributed by atoms with van der Waals surface area (Å²) in [5, 5.41) is 2.79. The molecule has 0 aromatic heterocycles. The Labute approximate surface area is 99.9 Å². The molecule has 2 rings (SSSR count). The lowest BCUT2D eigenvalue weighted by atomic mass is 10.3. The minimum Gasteiger partial charge on any atom is -0.353 e. The Morgan fingerprint density at radius 1 is 1.18 bits per heavy atom. The van der Waals surface area contributed by atoms with Crippen LogP contribution < -0.4 is 5.32 Å². The van der Waals surface area contributed by atoms with Crippen LogP contribution in [0.25, 0.3) is 0 Å². The van der Waals surface area contributed by atoms with Gasteiger partial charge in [0.1, 0.15) is 6.42 Å². The van der Waals surface area contributed by atoms with E-state index in [0.29, 0.717) is 32.2 Å². The number of piperazine rings is 1. The lowest BCUT2D eigenvalue weighted by Crippen LogP contribution is -2.49. The van der Waals surface area contributed by atoms with Crippen LogP contribution in [-0.2, 0) is 14.4 Å². The number of nitrogens with zero attached hydrogens (tertiary/aromatic N) is 2. The monoisotopic (exact) mass is 239 g/mol. The summed E-state index contributed by atoms with van der Waals surface area (Å²) in [6.45, 7) is 2.15. The highest BCUT2D eigenvalue weighted by Gasteiger charge is 2.26. The van der Waals surface area contributed by atoms with E-state index >= 15 is 0 Å². The first-order valence-corrected chi connectivity index (χ1v) is 5.95. The van der Waals surface area contributed by atoms with Gasteiger partial charge in [0.25, 0.3) is 0 Å². The van der Waals surface area contributed by atoms with Crippen molar-refractivity contribution in [2.24, 2.45) is 0 Å². The summed E-state index contributed by atoms with van der Waals surface area (Å²) in [6, 6.07) is 0.294. The molecule has 0 spiro atoms. The number of hydrogen-bond acceptors (Lipinski definition) is 3. The molecule has 1 heterocycles. The first-order chi connectivity index (χ1) is 8.19. The first-order valence-electron chi connectivity index (χ1n) is 5.95. The van der Waals surface area contributed by atoms with Crippen molar-refractivity contribution in [3.05, 3.63) is 0 Å². The molecule has 1 saturated carbocycles. The van der Waals surface area contributed by atoms with Crippen molar-refractivity contribution < 1.29 is 14.4 Å². The molecule has 94 valence electrons. The smallest absolute Gasteiger partial charge is 0.232 e. The predicted molar refractivity (Wildman–Crippen MR) is 60.0 cm³/mol. The molecule has 0 aromatic rings. The van der Waals surface area contributed by atoms with E-state index in [4.69, 9.17) is 0 Å². The molecular weight excluding hydrogens is 222 g/mol. The van der Waals surface area contributed by atoms with Gasteiger partial charge in [-0.1, -0.05) is 0 Å². The van der Waals surface area contributed by atoms with Crippen molar-refractivity contribution in [2.45, 2.75) is 25.3 Å². The van der Waals surface area contributed by atoms with Crippen LogP contribution >= 0.6 is 0 Å². The number of hydrogen-bond donors (Lipinski definition) is 1. The zero-order chi connectivity index (χ0) is 12.3. The van der Waals surface area contributed by atoms with Gasteiger partial charge in [0.2, 0.25) is 18.2 Å². The zero-order valence-electron chi connectivity index (χ0n) is 9.72. The van der Waals surface area contributed by atoms with E-state index in [1.165, 1.54) is 0 Å². The van der Waals surface area contributed by atoms with E-state index in [9.17, 15) is 14.4 Å². The quantitative estimate of drug-likeness (QED) is 0.503. The van der Waals surface area contributed by atoms with Crippen LogP contribution in [0.3, 0.4) is 0 Å². The second kappa shape index (κ2) is 5.16. The van der Waals surface area contributed by atoms with Crippen LogP contribution in [0.2, 0.25) is 0 Å². The lowest BCUT2D eigenvalue weighted by molar-refractivity contribution is -0.139. The highest BCUT2D eigenvalue weighted by molar-refractivity contribution is 5.97. The van der Waals surface area contributed by atoms with Gasteiger partial charge in [-0.15, -0.1) is 0 Å². The van der Waals surface area contributed by atoms with Crippen LogP contribution in [0.15, 0.2) is 0 Å². The highest BCUT2D eigenvalue weighted by atomic mass is 16.2. The van der Waals surface area contributed by atoms with Gasteiger partial charge in [-0.05, 0) is 12.8 Å². The van der Waals surface area contributed by atoms with Gasteiger partial charge in [0.05, 0.1) is 0 Å². The molecule has 6 nitrogen and oxygen atoms in total. The Morgan fingerprint density at radius 3 is 2.35 bits per heavy atom. The minimum atomic E-state index is -0.185. The van der Waals surface area contributed by atoms with Gasteiger partial charge in [-0.2, -0.15) is 0 Å². The SMILES string of the molecule is O=CN1CCN(C(=O)CC(=O)NC2CC2)CC1. The maximum Gasteiger partial charge on any atom is 0.232 e. The molecule has 0 atom stereocenters. The number of carbonyl (C=O) groups excluding carboxylic acids is 3. The Hall–Kier alpha value is -1.59. The average Bonchev–Trinajstić information content (AvgIpc) is 3.12. The van der Waals surface area contributed by atoms with Gasteiger partial charge in [-0.3, -0.25) is 14.4 Å². The normalized spacial score (nSPS) is 20.0. The second-order valence-corrected chi connectivity index (χ2v) is 4.54. The van der Waals surface area contributed by atoms with Crippen molar-refractivity contribution in [3.8, 4) is 0 Å². The van der Waals surface area contributed by atoms with Crippen molar-refractivity contribution in [1.82, 2.24) is 15.1 Å². The molecule has 1 N–H and O–H groups in total. The Bertz CT molecular complexity index is 320. The van der Waals surface area contributed by atoms with E-state index in [0.717, 1.165) is 19.3 Å². The second-order valence-electron chi connectivity index (χ2n) is 4.54. The fourth-order valence-corrected chi connectivity index (χ4v) is 1.83. The third-order valence-corrected chi connectivity index (χ3v) is 3.07. The van der Waals surface area contributed by atoms with Crippen molar-refractivity contribution >= 4 is 18.2 Å². The lowest BCUT2D eigenvalue weighted by Gasteiger charge is -2.32. The summed E-state index contributed by atoms with van der Waals surface area (Å²) in [4.78, 5) is 37.0. The molecule has 1 aliphatic carbocycles. The molecular formula is C11H17N3O3. The third-order valence-electron chi connectivity index (χ3n) is 3.07. The number of rotatable bonds is 4. The summed E-state index contributed by atoms with van der Waals surface area (Å²) >= 11 is 0. The van der Waals surface area contributed by atoms with E-state index in [-0.39, 0.29) is 18.2 Å². The van der Waals surface area contributed by atoms with Gasteiger partial charge >= 0.3 is 0 Å². The first kappa shape index (κ1) is 11.9. The van der Waals surface area contributed by atoms with Gasteiger partial charge in [0.15, 0.2) is 0 Å². The summed E-state index contributed by atoms with van der Waals surface area (Å²) in [5.41, 5.74) is 0. The molecule has 1 saturated heterocycles. The maximum atomic E-state index is 11.8. The van der Waals surface area contributed by atoms with Gasteiger partial charge in [0, 0.05) is 32.2 Å². The molecule has 0 bridgehead atoms. The molecule has 0 radical (unpaired) electrons. The standard InChI is InChI=1S/C11H17N3O3/c15-8-13-3-5-14(6-4-13)11(17)7-10(16)12-9-1-2-9/h8-9H,1-7H2,(H,12,16).